The highest BCUT2D eigenvalue weighted by molar-refractivity contribution is 6.08. The highest BCUT2D eigenvalue weighted by atomic mass is 16.2. The molecule has 1 aliphatic carbocycles. The molecule has 0 saturated heterocycles. The fourth-order valence-corrected chi connectivity index (χ4v) is 3.08. The Kier molecular flexibility index (Phi) is 5.29. The van der Waals surface area contributed by atoms with Gasteiger partial charge in [0.05, 0.1) is 11.3 Å². The fourth-order valence-electron chi connectivity index (χ4n) is 3.08. The van der Waals surface area contributed by atoms with Gasteiger partial charge in [0.25, 0.3) is 5.91 Å². The summed E-state index contributed by atoms with van der Waals surface area (Å²) in [5.74, 6) is -0.0371. The Balaban J connectivity index is 1.51. The first kappa shape index (κ1) is 18.7. The maximum absolute atomic E-state index is 12.9. The Labute approximate surface area is 170 Å². The molecule has 0 spiro atoms. The lowest BCUT2D eigenvalue weighted by atomic mass is 10.1. The summed E-state index contributed by atoms with van der Waals surface area (Å²) in [5, 5.41) is 9.19. The Bertz CT molecular complexity index is 1040. The molecule has 3 aromatic rings. The third-order valence-electron chi connectivity index (χ3n) is 4.93. The van der Waals surface area contributed by atoms with Gasteiger partial charge in [-0.3, -0.25) is 9.59 Å². The molecule has 3 aromatic carbocycles. The van der Waals surface area contributed by atoms with Gasteiger partial charge in [-0.05, 0) is 61.7 Å². The zero-order valence-electron chi connectivity index (χ0n) is 16.2. The monoisotopic (exact) mass is 385 g/mol. The predicted molar refractivity (Wildman–Crippen MR) is 117 cm³/mol. The summed E-state index contributed by atoms with van der Waals surface area (Å²) >= 11 is 0. The second kappa shape index (κ2) is 8.19. The number of carbonyl (C=O) groups is 2. The molecule has 146 valence electrons. The van der Waals surface area contributed by atoms with Crippen molar-refractivity contribution in [3.8, 4) is 0 Å². The van der Waals surface area contributed by atoms with E-state index in [0.717, 1.165) is 35.5 Å². The number of anilines is 4. The van der Waals surface area contributed by atoms with E-state index in [2.05, 4.69) is 16.0 Å². The molecule has 2 amide bonds. The fraction of sp³-hybridized carbons (Fsp3) is 0.167. The molecular formula is C24H23N3O2. The van der Waals surface area contributed by atoms with Crippen molar-refractivity contribution in [1.82, 2.24) is 0 Å². The molecule has 5 heteroatoms. The molecule has 0 unspecified atom stereocenters. The smallest absolute Gasteiger partial charge is 0.257 e. The molecule has 0 bridgehead atoms. The third kappa shape index (κ3) is 4.63. The topological polar surface area (TPSA) is 70.2 Å². The molecule has 3 N–H and O–H groups in total. The number of hydrogen-bond acceptors (Lipinski definition) is 3. The Hall–Kier alpha value is -3.60. The Morgan fingerprint density at radius 1 is 0.793 bits per heavy atom. The van der Waals surface area contributed by atoms with Crippen LogP contribution in [0.2, 0.25) is 0 Å². The van der Waals surface area contributed by atoms with Crippen LogP contribution >= 0.6 is 0 Å². The number of aryl methyl sites for hydroxylation is 1. The number of carbonyl (C=O) groups excluding carboxylic acids is 2. The van der Waals surface area contributed by atoms with Gasteiger partial charge in [-0.2, -0.15) is 0 Å². The lowest BCUT2D eigenvalue weighted by Gasteiger charge is -2.14. The molecule has 0 atom stereocenters. The number of benzene rings is 3. The lowest BCUT2D eigenvalue weighted by Crippen LogP contribution is -2.16. The van der Waals surface area contributed by atoms with Crippen LogP contribution in [0.5, 0.6) is 0 Å². The van der Waals surface area contributed by atoms with Crippen molar-refractivity contribution in [2.24, 2.45) is 5.92 Å². The normalized spacial score (nSPS) is 12.9. The molecule has 1 fully saturated rings. The molecule has 5 nitrogen and oxygen atoms in total. The van der Waals surface area contributed by atoms with Crippen LogP contribution in [-0.4, -0.2) is 11.8 Å². The standard InChI is InChI=1S/C24H23N3O2/c1-16-11-14-19(15-22(16)27-23(28)17-12-13-17)26-24(29)20-9-5-6-10-21(20)25-18-7-3-2-4-8-18/h2-11,14-15,17,25H,12-13H2,1H3,(H,26,29)(H,27,28). The van der Waals surface area contributed by atoms with Crippen molar-refractivity contribution in [2.75, 3.05) is 16.0 Å². The minimum Gasteiger partial charge on any atom is -0.355 e. The van der Waals surface area contributed by atoms with Crippen LogP contribution in [-0.2, 0) is 4.79 Å². The number of amides is 2. The Morgan fingerprint density at radius 3 is 2.28 bits per heavy atom. The molecule has 1 aliphatic rings. The van der Waals surface area contributed by atoms with E-state index < -0.39 is 0 Å². The van der Waals surface area contributed by atoms with E-state index in [1.54, 1.807) is 12.1 Å². The van der Waals surface area contributed by atoms with E-state index in [0.29, 0.717) is 11.3 Å². The molecule has 0 aliphatic heterocycles. The largest absolute Gasteiger partial charge is 0.355 e. The van der Waals surface area contributed by atoms with Gasteiger partial charge in [0.2, 0.25) is 5.91 Å². The number of rotatable bonds is 6. The van der Waals surface area contributed by atoms with Crippen molar-refractivity contribution in [3.63, 3.8) is 0 Å². The van der Waals surface area contributed by atoms with Crippen LogP contribution in [0.1, 0.15) is 28.8 Å². The molecule has 4 rings (SSSR count). The van der Waals surface area contributed by atoms with Crippen LogP contribution in [0, 0.1) is 12.8 Å². The second-order valence-corrected chi connectivity index (χ2v) is 7.28. The van der Waals surface area contributed by atoms with Gasteiger partial charge in [-0.25, -0.2) is 0 Å². The van der Waals surface area contributed by atoms with Gasteiger partial charge in [0.15, 0.2) is 0 Å². The van der Waals surface area contributed by atoms with Crippen LogP contribution < -0.4 is 16.0 Å². The molecular weight excluding hydrogens is 362 g/mol. The van der Waals surface area contributed by atoms with E-state index in [9.17, 15) is 9.59 Å². The number of hydrogen-bond donors (Lipinski definition) is 3. The van der Waals surface area contributed by atoms with E-state index in [1.807, 2.05) is 67.6 Å². The molecule has 1 saturated carbocycles. The van der Waals surface area contributed by atoms with E-state index in [4.69, 9.17) is 0 Å². The molecule has 29 heavy (non-hydrogen) atoms. The summed E-state index contributed by atoms with van der Waals surface area (Å²) in [4.78, 5) is 25.0. The van der Waals surface area contributed by atoms with Crippen molar-refractivity contribution in [3.05, 3.63) is 83.9 Å². The van der Waals surface area contributed by atoms with Crippen molar-refractivity contribution in [1.29, 1.82) is 0 Å². The maximum Gasteiger partial charge on any atom is 0.257 e. The first-order chi connectivity index (χ1) is 14.1. The summed E-state index contributed by atoms with van der Waals surface area (Å²) in [6.07, 6.45) is 1.90. The van der Waals surface area contributed by atoms with Crippen LogP contribution in [0.25, 0.3) is 0 Å². The average Bonchev–Trinajstić information content (AvgIpc) is 3.57. The molecule has 0 heterocycles. The molecule has 0 aromatic heterocycles. The second-order valence-electron chi connectivity index (χ2n) is 7.28. The maximum atomic E-state index is 12.9. The minimum absolute atomic E-state index is 0.0500. The SMILES string of the molecule is Cc1ccc(NC(=O)c2ccccc2Nc2ccccc2)cc1NC(=O)C1CC1. The van der Waals surface area contributed by atoms with Gasteiger partial charge < -0.3 is 16.0 Å². The van der Waals surface area contributed by atoms with Crippen molar-refractivity contribution in [2.45, 2.75) is 19.8 Å². The first-order valence-corrected chi connectivity index (χ1v) is 9.74. The van der Waals surface area contributed by atoms with Crippen molar-refractivity contribution < 1.29 is 9.59 Å². The van der Waals surface area contributed by atoms with Crippen LogP contribution in [0.15, 0.2) is 72.8 Å². The Morgan fingerprint density at radius 2 is 1.52 bits per heavy atom. The predicted octanol–water partition coefficient (Wildman–Crippen LogP) is 5.34. The third-order valence-corrected chi connectivity index (χ3v) is 4.93. The summed E-state index contributed by atoms with van der Waals surface area (Å²) in [6.45, 7) is 1.94. The van der Waals surface area contributed by atoms with Crippen LogP contribution in [0.4, 0.5) is 22.7 Å². The highest BCUT2D eigenvalue weighted by Gasteiger charge is 2.29. The van der Waals surface area contributed by atoms with Gasteiger partial charge in [-0.1, -0.05) is 36.4 Å². The molecule has 0 radical (unpaired) electrons. The quantitative estimate of drug-likeness (QED) is 0.536. The van der Waals surface area contributed by atoms with E-state index >= 15 is 0 Å². The van der Waals surface area contributed by atoms with Gasteiger partial charge in [0.1, 0.15) is 0 Å². The highest BCUT2D eigenvalue weighted by Crippen LogP contribution is 2.31. The van der Waals surface area contributed by atoms with E-state index in [-0.39, 0.29) is 17.7 Å². The lowest BCUT2D eigenvalue weighted by molar-refractivity contribution is -0.117. The van der Waals surface area contributed by atoms with Crippen LogP contribution in [0.3, 0.4) is 0 Å². The van der Waals surface area contributed by atoms with Gasteiger partial charge in [-0.15, -0.1) is 0 Å². The number of para-hydroxylation sites is 2. The summed E-state index contributed by atoms with van der Waals surface area (Å²) in [7, 11) is 0. The van der Waals surface area contributed by atoms with Gasteiger partial charge >= 0.3 is 0 Å². The van der Waals surface area contributed by atoms with Gasteiger partial charge in [0, 0.05) is 23.0 Å². The zero-order chi connectivity index (χ0) is 20.2. The zero-order valence-corrected chi connectivity index (χ0v) is 16.2. The first-order valence-electron chi connectivity index (χ1n) is 9.74. The summed E-state index contributed by atoms with van der Waals surface area (Å²) < 4.78 is 0. The summed E-state index contributed by atoms with van der Waals surface area (Å²) in [5.41, 5.74) is 4.51. The number of nitrogens with one attached hydrogen (secondary N) is 3. The summed E-state index contributed by atoms with van der Waals surface area (Å²) in [6, 6.07) is 22.6. The average molecular weight is 385 g/mol. The minimum atomic E-state index is -0.215. The van der Waals surface area contributed by atoms with E-state index in [1.165, 1.54) is 0 Å². The van der Waals surface area contributed by atoms with Crippen molar-refractivity contribution >= 4 is 34.6 Å².